The van der Waals surface area contributed by atoms with Crippen molar-refractivity contribution in [1.29, 1.82) is 0 Å². The van der Waals surface area contributed by atoms with E-state index >= 15 is 19.2 Å². The fraction of sp³-hybridized carbons (Fsp3) is 0.423. The first kappa shape index (κ1) is 89.4. The molecule has 0 spiro atoms. The maximum absolute atomic E-state index is 15.6. The van der Waals surface area contributed by atoms with Crippen molar-refractivity contribution in [1.82, 2.24) is 68.8 Å². The molecule has 35 heteroatoms. The molecule has 608 valence electrons. The number of aromatic nitrogens is 1. The van der Waals surface area contributed by atoms with Crippen LogP contribution in [0.5, 0.6) is 0 Å². The quantitative estimate of drug-likeness (QED) is 0.0245. The van der Waals surface area contributed by atoms with E-state index in [1.54, 1.807) is 146 Å². The van der Waals surface area contributed by atoms with Gasteiger partial charge in [-0.3, -0.25) is 57.5 Å². The van der Waals surface area contributed by atoms with E-state index in [1.165, 1.54) is 6.92 Å². The van der Waals surface area contributed by atoms with Gasteiger partial charge in [-0.05, 0) is 79.1 Å². The minimum absolute atomic E-state index is 0.0767. The Morgan fingerprint density at radius 3 is 1.28 bits per heavy atom. The Hall–Kier alpha value is -10.8. The SMILES string of the molecule is CC(C)NCc1ccc(C[C@@H]2NC(=O)[C@@H](Cc3c[nH]c4ccccc34)NC(=O)[C@H](Cc3ccccc3)NC(=O)[C@@H](Cc3ccccc3)NC(=O)[C@H](CC(N)=O)NC(=O)[C@@H](CCCCN)NC(=O)[C@H](N)CSSC[C@H](C(=O)O)NC(=O)[C@H](CO)NC(=O)[C@H]([C@@H](C)O)NC(=O)[C@H](Cc3ccccc3)NC(=O)[C@H]([C@@H](C)O)NC2=O)cc1. The number of unbranched alkanes of at least 4 members (excludes halogenated alkanes) is 1. The second kappa shape index (κ2) is 45.0. The first-order valence-corrected chi connectivity index (χ1v) is 39.5. The van der Waals surface area contributed by atoms with Crippen molar-refractivity contribution in [3.05, 3.63) is 179 Å². The Kier molecular flexibility index (Phi) is 35.6. The van der Waals surface area contributed by atoms with E-state index in [0.717, 1.165) is 34.1 Å². The second-order valence-electron chi connectivity index (χ2n) is 27.8. The predicted molar refractivity (Wildman–Crippen MR) is 423 cm³/mol. The minimum Gasteiger partial charge on any atom is -0.480 e. The number of aliphatic hydroxyl groups is 3. The molecule has 2 heterocycles. The highest BCUT2D eigenvalue weighted by molar-refractivity contribution is 8.76. The van der Waals surface area contributed by atoms with E-state index in [-0.39, 0.29) is 63.3 Å². The smallest absolute Gasteiger partial charge is 0.327 e. The molecule has 1 fully saturated rings. The Labute approximate surface area is 661 Å². The molecule has 0 saturated carbocycles. The van der Waals surface area contributed by atoms with Gasteiger partial charge in [0, 0.05) is 73.3 Å². The zero-order valence-corrected chi connectivity index (χ0v) is 64.7. The summed E-state index contributed by atoms with van der Waals surface area (Å²) in [5.74, 6) is -15.0. The lowest BCUT2D eigenvalue weighted by Crippen LogP contribution is -2.63. The number of aliphatic carboxylic acids is 1. The number of H-pyrrole nitrogens is 1. The number of amides is 12. The van der Waals surface area contributed by atoms with Gasteiger partial charge in [0.2, 0.25) is 70.9 Å². The Morgan fingerprint density at radius 1 is 0.451 bits per heavy atom. The van der Waals surface area contributed by atoms with Gasteiger partial charge in [-0.15, -0.1) is 0 Å². The van der Waals surface area contributed by atoms with Crippen molar-refractivity contribution in [2.24, 2.45) is 17.2 Å². The molecule has 0 bridgehead atoms. The van der Waals surface area contributed by atoms with Gasteiger partial charge in [-0.25, -0.2) is 4.79 Å². The summed E-state index contributed by atoms with van der Waals surface area (Å²) in [4.78, 5) is 190. The number of carboxylic acids is 1. The van der Waals surface area contributed by atoms with Crippen molar-refractivity contribution in [2.45, 2.75) is 183 Å². The number of aromatic amines is 1. The van der Waals surface area contributed by atoms with Gasteiger partial charge in [0.1, 0.15) is 66.5 Å². The minimum atomic E-state index is -1.95. The normalized spacial score (nSPS) is 23.8. The third-order valence-electron chi connectivity index (χ3n) is 18.4. The molecule has 33 nitrogen and oxygen atoms in total. The van der Waals surface area contributed by atoms with Gasteiger partial charge in [0.15, 0.2) is 0 Å². The Balaban J connectivity index is 1.32. The van der Waals surface area contributed by atoms with Crippen LogP contribution in [0.2, 0.25) is 0 Å². The average Bonchev–Trinajstić information content (AvgIpc) is 1.69. The van der Waals surface area contributed by atoms with Gasteiger partial charge in [0.25, 0.3) is 0 Å². The highest BCUT2D eigenvalue weighted by Gasteiger charge is 2.39. The molecule has 6 aromatic rings. The van der Waals surface area contributed by atoms with Crippen LogP contribution in [-0.2, 0) is 101 Å². The van der Waals surface area contributed by atoms with Crippen LogP contribution in [-0.4, -0.2) is 218 Å². The van der Waals surface area contributed by atoms with Crippen molar-refractivity contribution in [3.63, 3.8) is 0 Å². The molecule has 5 aromatic carbocycles. The number of primary amides is 1. The summed E-state index contributed by atoms with van der Waals surface area (Å²) >= 11 is 0. The number of hydrogen-bond acceptors (Lipinski definition) is 21. The number of nitrogens with two attached hydrogens (primary N) is 3. The maximum atomic E-state index is 15.6. The van der Waals surface area contributed by atoms with Crippen LogP contribution in [0, 0.1) is 0 Å². The molecule has 0 unspecified atom stereocenters. The zero-order valence-electron chi connectivity index (χ0n) is 63.1. The van der Waals surface area contributed by atoms with E-state index in [4.69, 9.17) is 17.2 Å². The van der Waals surface area contributed by atoms with Crippen molar-refractivity contribution >= 4 is 109 Å². The predicted octanol–water partition coefficient (Wildman–Crippen LogP) is -1.92. The summed E-state index contributed by atoms with van der Waals surface area (Å²) in [6.45, 7) is 5.72. The monoisotopic (exact) mass is 1600 g/mol. The van der Waals surface area contributed by atoms with Crippen molar-refractivity contribution < 1.29 is 82.8 Å². The largest absolute Gasteiger partial charge is 0.480 e. The molecule has 0 radical (unpaired) electrons. The highest BCUT2D eigenvalue weighted by Crippen LogP contribution is 2.24. The number of carbonyl (C=O) groups excluding carboxylic acids is 12. The summed E-state index contributed by atoms with van der Waals surface area (Å²) in [5, 5.41) is 75.1. The number of hydrogen-bond donors (Lipinski definition) is 20. The van der Waals surface area contributed by atoms with Crippen LogP contribution in [0.3, 0.4) is 0 Å². The van der Waals surface area contributed by atoms with Crippen molar-refractivity contribution in [3.8, 4) is 0 Å². The Bertz CT molecular complexity index is 4200. The van der Waals surface area contributed by atoms with Crippen LogP contribution in [0.4, 0.5) is 0 Å². The number of fused-ring (bicyclic) bond motifs is 1. The van der Waals surface area contributed by atoms with Crippen LogP contribution >= 0.6 is 21.6 Å². The topological polar surface area (TPSA) is 541 Å². The lowest BCUT2D eigenvalue weighted by Gasteiger charge is -2.29. The fourth-order valence-corrected chi connectivity index (χ4v) is 14.4. The van der Waals surface area contributed by atoms with Crippen LogP contribution in [0.25, 0.3) is 10.9 Å². The maximum Gasteiger partial charge on any atom is 0.327 e. The van der Waals surface area contributed by atoms with E-state index < -0.39 is 180 Å². The molecule has 7 rings (SSSR count). The Morgan fingerprint density at radius 2 is 0.832 bits per heavy atom. The van der Waals surface area contributed by atoms with E-state index in [0.29, 0.717) is 51.7 Å². The van der Waals surface area contributed by atoms with Gasteiger partial charge in [-0.2, -0.15) is 0 Å². The standard InChI is InChI=1S/C78H102N16O17S2/c1-43(2)82-38-50-29-27-49(28-30-50)35-58-73(105)93-65(44(3)96)76(108)90-59(34-48-22-12-7-13-23-48)74(106)94-66(45(4)97)77(109)91-62(40-95)75(107)92-63(78(110)111)42-113-112-41-53(80)67(99)84-55(26-16-17-31-79)68(100)89-61(37-64(81)98)72(104)86-56(32-46-18-8-5-9-19-46)69(101)85-57(33-47-20-10-6-11-21-47)70(102)88-60(71(103)87-58)36-51-39-83-54-25-15-14-24-52(51)54/h5-15,18-25,27-30,39,43-45,53,55-63,65-66,82-83,95-97H,16-17,26,31-38,40-42,79-80H2,1-4H3,(H2,81,98)(H,84,99)(H,85,101)(H,86,104)(H,87,103)(H,88,102)(H,89,100)(H,90,108)(H,91,109)(H,92,107)(H,93,105)(H,94,106)(H,110,111)/t44-,45-,53-,55-,56-,57+,58+,59+,60-,61+,62+,63-,65+,66+/m1/s1. The number of para-hydroxylation sites is 1. The lowest BCUT2D eigenvalue weighted by molar-refractivity contribution is -0.142. The summed E-state index contributed by atoms with van der Waals surface area (Å²) in [6.07, 6.45) is -3.56. The third kappa shape index (κ3) is 28.7. The summed E-state index contributed by atoms with van der Waals surface area (Å²) < 4.78 is 0. The summed E-state index contributed by atoms with van der Waals surface area (Å²) in [6, 6.07) is 19.0. The molecule has 12 amide bonds. The first-order chi connectivity index (χ1) is 54.0. The molecule has 14 atom stereocenters. The molecular formula is C78H102N16O17S2. The molecular weight excluding hydrogens is 1500 g/mol. The summed E-state index contributed by atoms with van der Waals surface area (Å²) in [5.41, 5.74) is 21.8. The fourth-order valence-electron chi connectivity index (χ4n) is 12.1. The molecule has 1 saturated heterocycles. The number of nitrogens with one attached hydrogen (secondary N) is 13. The average molecular weight is 1600 g/mol. The number of rotatable bonds is 23. The van der Waals surface area contributed by atoms with E-state index in [1.807, 2.05) is 13.8 Å². The molecule has 0 aliphatic carbocycles. The lowest BCUT2D eigenvalue weighted by atomic mass is 9.99. The molecule has 1 aliphatic heterocycles. The van der Waals surface area contributed by atoms with E-state index in [2.05, 4.69) is 68.8 Å². The van der Waals surface area contributed by atoms with Crippen molar-refractivity contribution in [2.75, 3.05) is 24.7 Å². The molecule has 1 aromatic heterocycles. The number of carboxylic acid groups (broad SMARTS) is 1. The van der Waals surface area contributed by atoms with Gasteiger partial charge in [0.05, 0.1) is 31.3 Å². The molecule has 23 N–H and O–H groups in total. The number of carbonyl (C=O) groups is 13. The van der Waals surface area contributed by atoms with Crippen LogP contribution < -0.4 is 81.0 Å². The highest BCUT2D eigenvalue weighted by atomic mass is 33.1. The van der Waals surface area contributed by atoms with Gasteiger partial charge in [-0.1, -0.05) is 169 Å². The van der Waals surface area contributed by atoms with Crippen LogP contribution in [0.1, 0.15) is 86.8 Å². The van der Waals surface area contributed by atoms with E-state index in [9.17, 15) is 63.6 Å². The van der Waals surface area contributed by atoms with Gasteiger partial charge >= 0.3 is 5.97 Å². The van der Waals surface area contributed by atoms with Gasteiger partial charge < -0.3 is 106 Å². The first-order valence-electron chi connectivity index (χ1n) is 37.0. The second-order valence-corrected chi connectivity index (χ2v) is 30.4. The number of benzene rings is 5. The molecule has 113 heavy (non-hydrogen) atoms. The third-order valence-corrected chi connectivity index (χ3v) is 20.8. The van der Waals surface area contributed by atoms with Crippen LogP contribution in [0.15, 0.2) is 146 Å². The summed E-state index contributed by atoms with van der Waals surface area (Å²) in [7, 11) is 1.73. The molecule has 1 aliphatic rings. The zero-order chi connectivity index (χ0) is 82.3. The number of aliphatic hydroxyl groups excluding tert-OH is 3.